The Labute approximate surface area is 90.6 Å². The summed E-state index contributed by atoms with van der Waals surface area (Å²) < 4.78 is 5.08. The van der Waals surface area contributed by atoms with Gasteiger partial charge in [-0.25, -0.2) is 4.79 Å². The van der Waals surface area contributed by atoms with Gasteiger partial charge in [0.25, 0.3) is 0 Å². The molecule has 1 amide bonds. The second kappa shape index (κ2) is 6.43. The quantitative estimate of drug-likeness (QED) is 0.530. The summed E-state index contributed by atoms with van der Waals surface area (Å²) in [6.07, 6.45) is 5.15. The predicted molar refractivity (Wildman–Crippen MR) is 56.7 cm³/mol. The Bertz CT molecular complexity index is 218. The molecular weight excluding hydrogens is 194 g/mol. The first-order valence-electron chi connectivity index (χ1n) is 5.68. The molecule has 0 N–H and O–H groups in total. The van der Waals surface area contributed by atoms with Gasteiger partial charge in [-0.3, -0.25) is 4.90 Å². The zero-order valence-electron chi connectivity index (χ0n) is 9.28. The van der Waals surface area contributed by atoms with Gasteiger partial charge in [0.2, 0.25) is 0 Å². The SMILES string of the molecule is CCCCOC(=O)N1CCCC[C@@H]1C=O. The van der Waals surface area contributed by atoms with Crippen molar-refractivity contribution in [1.29, 1.82) is 0 Å². The van der Waals surface area contributed by atoms with Crippen molar-refractivity contribution in [2.24, 2.45) is 0 Å². The lowest BCUT2D eigenvalue weighted by molar-refractivity contribution is -0.113. The fraction of sp³-hybridized carbons (Fsp3) is 0.818. The van der Waals surface area contributed by atoms with Gasteiger partial charge in [0.1, 0.15) is 6.29 Å². The van der Waals surface area contributed by atoms with Crippen LogP contribution in [-0.4, -0.2) is 36.5 Å². The van der Waals surface area contributed by atoms with Gasteiger partial charge in [0, 0.05) is 6.54 Å². The summed E-state index contributed by atoms with van der Waals surface area (Å²) in [6.45, 7) is 3.15. The highest BCUT2D eigenvalue weighted by Crippen LogP contribution is 2.16. The van der Waals surface area contributed by atoms with E-state index in [0.717, 1.165) is 38.4 Å². The molecule has 0 spiro atoms. The van der Waals surface area contributed by atoms with Crippen molar-refractivity contribution in [3.63, 3.8) is 0 Å². The van der Waals surface area contributed by atoms with Crippen LogP contribution in [0.4, 0.5) is 4.79 Å². The smallest absolute Gasteiger partial charge is 0.410 e. The largest absolute Gasteiger partial charge is 0.449 e. The van der Waals surface area contributed by atoms with Crippen LogP contribution in [0.3, 0.4) is 0 Å². The molecular formula is C11H19NO3. The summed E-state index contributed by atoms with van der Waals surface area (Å²) >= 11 is 0. The summed E-state index contributed by atoms with van der Waals surface area (Å²) in [5, 5.41) is 0. The van der Waals surface area contributed by atoms with Crippen LogP contribution < -0.4 is 0 Å². The monoisotopic (exact) mass is 213 g/mol. The van der Waals surface area contributed by atoms with Crippen molar-refractivity contribution in [2.45, 2.75) is 45.1 Å². The van der Waals surface area contributed by atoms with Crippen molar-refractivity contribution in [2.75, 3.05) is 13.2 Å². The fourth-order valence-corrected chi connectivity index (χ4v) is 1.71. The van der Waals surface area contributed by atoms with E-state index in [9.17, 15) is 9.59 Å². The van der Waals surface area contributed by atoms with Gasteiger partial charge in [-0.2, -0.15) is 0 Å². The number of hydrogen-bond donors (Lipinski definition) is 0. The molecule has 1 fully saturated rings. The maximum atomic E-state index is 11.6. The van der Waals surface area contributed by atoms with E-state index in [2.05, 4.69) is 0 Å². The van der Waals surface area contributed by atoms with Crippen LogP contribution in [0.25, 0.3) is 0 Å². The summed E-state index contributed by atoms with van der Waals surface area (Å²) in [7, 11) is 0. The van der Waals surface area contributed by atoms with E-state index < -0.39 is 0 Å². The second-order valence-electron chi connectivity index (χ2n) is 3.86. The van der Waals surface area contributed by atoms with Crippen molar-refractivity contribution < 1.29 is 14.3 Å². The average molecular weight is 213 g/mol. The number of ether oxygens (including phenoxy) is 1. The van der Waals surface area contributed by atoms with Crippen LogP contribution in [0.5, 0.6) is 0 Å². The minimum absolute atomic E-state index is 0.270. The number of nitrogens with zero attached hydrogens (tertiary/aromatic N) is 1. The van der Waals surface area contributed by atoms with Crippen LogP contribution >= 0.6 is 0 Å². The van der Waals surface area contributed by atoms with Crippen molar-refractivity contribution in [1.82, 2.24) is 4.90 Å². The highest BCUT2D eigenvalue weighted by molar-refractivity contribution is 5.73. The van der Waals surface area contributed by atoms with E-state index in [-0.39, 0.29) is 12.1 Å². The van der Waals surface area contributed by atoms with Crippen molar-refractivity contribution >= 4 is 12.4 Å². The Kier molecular flexibility index (Phi) is 5.15. The third kappa shape index (κ3) is 3.53. The van der Waals surface area contributed by atoms with E-state index >= 15 is 0 Å². The molecule has 4 heteroatoms. The van der Waals surface area contributed by atoms with E-state index in [1.165, 1.54) is 0 Å². The van der Waals surface area contributed by atoms with Gasteiger partial charge in [-0.1, -0.05) is 13.3 Å². The Hall–Kier alpha value is -1.06. The lowest BCUT2D eigenvalue weighted by Gasteiger charge is -2.31. The molecule has 4 nitrogen and oxygen atoms in total. The Morgan fingerprint density at radius 2 is 2.33 bits per heavy atom. The van der Waals surface area contributed by atoms with Gasteiger partial charge < -0.3 is 9.53 Å². The fourth-order valence-electron chi connectivity index (χ4n) is 1.71. The van der Waals surface area contributed by atoms with Crippen LogP contribution in [0, 0.1) is 0 Å². The molecule has 0 aliphatic carbocycles. The molecule has 1 saturated heterocycles. The summed E-state index contributed by atoms with van der Waals surface area (Å²) in [5.41, 5.74) is 0. The molecule has 15 heavy (non-hydrogen) atoms. The minimum Gasteiger partial charge on any atom is -0.449 e. The van der Waals surface area contributed by atoms with Crippen molar-refractivity contribution in [3.8, 4) is 0 Å². The molecule has 1 aliphatic rings. The van der Waals surface area contributed by atoms with Gasteiger partial charge in [-0.05, 0) is 25.7 Å². The highest BCUT2D eigenvalue weighted by Gasteiger charge is 2.26. The normalized spacial score (nSPS) is 21.1. The summed E-state index contributed by atoms with van der Waals surface area (Å²) in [4.78, 5) is 23.9. The number of hydrogen-bond acceptors (Lipinski definition) is 3. The molecule has 1 heterocycles. The molecule has 1 atom stereocenters. The standard InChI is InChI=1S/C11H19NO3/c1-2-3-8-15-11(14)12-7-5-4-6-10(12)9-13/h9-10H,2-8H2,1H3/t10-/m1/s1. The Balaban J connectivity index is 2.38. The summed E-state index contributed by atoms with van der Waals surface area (Å²) in [6, 6.07) is -0.270. The van der Waals surface area contributed by atoms with E-state index in [4.69, 9.17) is 4.74 Å². The third-order valence-corrected chi connectivity index (χ3v) is 2.66. The highest BCUT2D eigenvalue weighted by atomic mass is 16.6. The molecule has 0 radical (unpaired) electrons. The third-order valence-electron chi connectivity index (χ3n) is 2.66. The molecule has 0 unspecified atom stereocenters. The van der Waals surface area contributed by atoms with Gasteiger partial charge >= 0.3 is 6.09 Å². The van der Waals surface area contributed by atoms with Gasteiger partial charge in [0.05, 0.1) is 12.6 Å². The molecule has 86 valence electrons. The number of unbranched alkanes of at least 4 members (excludes halogenated alkanes) is 1. The molecule has 1 rings (SSSR count). The topological polar surface area (TPSA) is 46.6 Å². The molecule has 0 saturated carbocycles. The number of rotatable bonds is 4. The lowest BCUT2D eigenvalue weighted by Crippen LogP contribution is -2.44. The Morgan fingerprint density at radius 3 is 3.00 bits per heavy atom. The van der Waals surface area contributed by atoms with Crippen LogP contribution in [0.1, 0.15) is 39.0 Å². The molecule has 1 aliphatic heterocycles. The van der Waals surface area contributed by atoms with Crippen molar-refractivity contribution in [3.05, 3.63) is 0 Å². The van der Waals surface area contributed by atoms with Crippen LogP contribution in [0.15, 0.2) is 0 Å². The maximum absolute atomic E-state index is 11.6. The lowest BCUT2D eigenvalue weighted by atomic mass is 10.0. The van der Waals surface area contributed by atoms with Crippen LogP contribution in [-0.2, 0) is 9.53 Å². The number of likely N-dealkylation sites (tertiary alicyclic amines) is 1. The van der Waals surface area contributed by atoms with Crippen LogP contribution in [0.2, 0.25) is 0 Å². The zero-order chi connectivity index (χ0) is 11.1. The average Bonchev–Trinajstić information content (AvgIpc) is 2.29. The number of amides is 1. The first-order valence-corrected chi connectivity index (χ1v) is 5.68. The predicted octanol–water partition coefficient (Wildman–Crippen LogP) is 1.98. The van der Waals surface area contributed by atoms with E-state index in [1.54, 1.807) is 4.90 Å². The van der Waals surface area contributed by atoms with Gasteiger partial charge in [-0.15, -0.1) is 0 Å². The first-order chi connectivity index (χ1) is 7.29. The number of piperidine rings is 1. The number of carbonyl (C=O) groups is 2. The first kappa shape index (κ1) is 12.0. The summed E-state index contributed by atoms with van der Waals surface area (Å²) in [5.74, 6) is 0. The minimum atomic E-state index is -0.333. The van der Waals surface area contributed by atoms with Gasteiger partial charge in [0.15, 0.2) is 0 Å². The van der Waals surface area contributed by atoms with E-state index in [0.29, 0.717) is 13.2 Å². The number of aldehydes is 1. The second-order valence-corrected chi connectivity index (χ2v) is 3.86. The molecule has 0 bridgehead atoms. The molecule has 0 aromatic carbocycles. The zero-order valence-corrected chi connectivity index (χ0v) is 9.28. The Morgan fingerprint density at radius 1 is 1.53 bits per heavy atom. The molecule has 0 aromatic rings. The van der Waals surface area contributed by atoms with E-state index in [1.807, 2.05) is 6.92 Å². The number of carbonyl (C=O) groups excluding carboxylic acids is 2. The molecule has 0 aromatic heterocycles. The maximum Gasteiger partial charge on any atom is 0.410 e.